The van der Waals surface area contributed by atoms with Crippen LogP contribution >= 0.6 is 11.6 Å². The Morgan fingerprint density at radius 2 is 1.68 bits per heavy atom. The molecule has 2 rings (SSSR count). The molecule has 0 saturated heterocycles. The zero-order chi connectivity index (χ0) is 31.1. The molecule has 0 radical (unpaired) electrons. The SMILES string of the molecule is C#Cc1ccc(C(C(=O)Nc2c(C)cccc2Cl)N(C(=O)C(CC(N)=O)NC(=O)OC(C)(C)C)C(C)(C)CC)cc1. The Kier molecular flexibility index (Phi) is 11.0. The van der Waals surface area contributed by atoms with Crippen molar-refractivity contribution < 1.29 is 23.9 Å². The normalized spacial score (nSPS) is 12.9. The fraction of sp³-hybridized carbons (Fsp3) is 0.419. The molecular formula is C31H39ClN4O5. The number of aryl methyl sites for hydroxylation is 1. The van der Waals surface area contributed by atoms with Gasteiger partial charge in [0.2, 0.25) is 11.8 Å². The Morgan fingerprint density at radius 3 is 2.17 bits per heavy atom. The van der Waals surface area contributed by atoms with Gasteiger partial charge in [0.1, 0.15) is 17.7 Å². The van der Waals surface area contributed by atoms with Crippen LogP contribution in [0.4, 0.5) is 10.5 Å². The van der Waals surface area contributed by atoms with Crippen molar-refractivity contribution in [3.05, 3.63) is 64.2 Å². The van der Waals surface area contributed by atoms with Crippen LogP contribution in [0.5, 0.6) is 0 Å². The first-order valence-electron chi connectivity index (χ1n) is 13.2. The van der Waals surface area contributed by atoms with Crippen LogP contribution in [-0.4, -0.2) is 45.9 Å². The summed E-state index contributed by atoms with van der Waals surface area (Å²) in [6.45, 7) is 12.2. The van der Waals surface area contributed by atoms with Crippen LogP contribution in [-0.2, 0) is 19.1 Å². The molecule has 2 atom stereocenters. The summed E-state index contributed by atoms with van der Waals surface area (Å²) in [6, 6.07) is 9.24. The third kappa shape index (κ3) is 8.98. The van der Waals surface area contributed by atoms with E-state index in [1.54, 1.807) is 84.0 Å². The predicted octanol–water partition coefficient (Wildman–Crippen LogP) is 5.10. The zero-order valence-corrected chi connectivity index (χ0v) is 25.4. The summed E-state index contributed by atoms with van der Waals surface area (Å²) in [5.74, 6) is 0.468. The molecule has 0 aliphatic heterocycles. The molecule has 2 aromatic rings. The maximum absolute atomic E-state index is 14.3. The van der Waals surface area contributed by atoms with Crippen LogP contribution in [0.25, 0.3) is 0 Å². The van der Waals surface area contributed by atoms with E-state index in [9.17, 15) is 19.2 Å². The van der Waals surface area contributed by atoms with Gasteiger partial charge in [0.25, 0.3) is 5.91 Å². The standard InChI is InChI=1S/C31H39ClN4O5/c1-9-20-14-16-21(17-15-20)26(27(38)35-25-19(3)12-11-13-22(25)32)36(31(7,8)10-2)28(39)23(18-24(33)37)34-29(40)41-30(4,5)6/h1,11-17,23,26H,10,18H2,2-8H3,(H2,33,37)(H,34,40)(H,35,38). The number of carbonyl (C=O) groups excluding carboxylic acids is 4. The predicted molar refractivity (Wildman–Crippen MR) is 160 cm³/mol. The average Bonchev–Trinajstić information content (AvgIpc) is 2.87. The largest absolute Gasteiger partial charge is 0.444 e. The lowest BCUT2D eigenvalue weighted by Gasteiger charge is -2.44. The van der Waals surface area contributed by atoms with Crippen molar-refractivity contribution in [1.29, 1.82) is 0 Å². The summed E-state index contributed by atoms with van der Waals surface area (Å²) in [5.41, 5.74) is 5.83. The number of nitrogens with zero attached hydrogens (tertiary/aromatic N) is 1. The molecule has 220 valence electrons. The molecule has 0 aliphatic carbocycles. The van der Waals surface area contributed by atoms with Crippen molar-refractivity contribution in [2.75, 3.05) is 5.32 Å². The van der Waals surface area contributed by atoms with Crippen LogP contribution in [0.2, 0.25) is 5.02 Å². The highest BCUT2D eigenvalue weighted by molar-refractivity contribution is 6.34. The molecule has 0 spiro atoms. The van der Waals surface area contributed by atoms with Gasteiger partial charge in [-0.05, 0) is 77.3 Å². The lowest BCUT2D eigenvalue weighted by molar-refractivity contribution is -0.148. The lowest BCUT2D eigenvalue weighted by atomic mass is 9.91. The highest BCUT2D eigenvalue weighted by atomic mass is 35.5. The number of nitrogens with two attached hydrogens (primary N) is 1. The highest BCUT2D eigenvalue weighted by Crippen LogP contribution is 2.35. The number of para-hydroxylation sites is 1. The van der Waals surface area contributed by atoms with E-state index in [2.05, 4.69) is 16.6 Å². The third-order valence-electron chi connectivity index (χ3n) is 6.52. The molecule has 2 unspecified atom stereocenters. The van der Waals surface area contributed by atoms with Crippen molar-refractivity contribution in [3.8, 4) is 12.3 Å². The Labute approximate surface area is 247 Å². The molecule has 0 fully saturated rings. The van der Waals surface area contributed by atoms with Crippen LogP contribution in [0.15, 0.2) is 42.5 Å². The number of halogens is 1. The number of hydrogen-bond donors (Lipinski definition) is 3. The molecule has 9 nitrogen and oxygen atoms in total. The average molecular weight is 583 g/mol. The van der Waals surface area contributed by atoms with E-state index in [1.165, 1.54) is 4.90 Å². The summed E-state index contributed by atoms with van der Waals surface area (Å²) >= 11 is 6.41. The van der Waals surface area contributed by atoms with Gasteiger partial charge >= 0.3 is 6.09 Å². The van der Waals surface area contributed by atoms with Gasteiger partial charge < -0.3 is 26.0 Å². The van der Waals surface area contributed by atoms with E-state index in [-0.39, 0.29) is 0 Å². The molecule has 4 amide bonds. The minimum absolute atomic E-state index is 0.325. The van der Waals surface area contributed by atoms with Crippen LogP contribution < -0.4 is 16.4 Å². The second-order valence-corrected chi connectivity index (χ2v) is 11.7. The fourth-order valence-electron chi connectivity index (χ4n) is 4.13. The summed E-state index contributed by atoms with van der Waals surface area (Å²) in [7, 11) is 0. The zero-order valence-electron chi connectivity index (χ0n) is 24.6. The van der Waals surface area contributed by atoms with Gasteiger partial charge in [-0.15, -0.1) is 6.42 Å². The van der Waals surface area contributed by atoms with E-state index in [1.807, 2.05) is 6.92 Å². The number of primary amides is 1. The fourth-order valence-corrected chi connectivity index (χ4v) is 4.39. The molecule has 41 heavy (non-hydrogen) atoms. The number of nitrogens with one attached hydrogen (secondary N) is 2. The molecule has 0 aromatic heterocycles. The number of hydrogen-bond acceptors (Lipinski definition) is 5. The molecule has 0 bridgehead atoms. The van der Waals surface area contributed by atoms with Crippen LogP contribution in [0, 0.1) is 19.3 Å². The molecule has 0 aliphatic rings. The van der Waals surface area contributed by atoms with E-state index in [4.69, 9.17) is 28.5 Å². The number of benzene rings is 2. The first kappa shape index (κ1) is 33.2. The van der Waals surface area contributed by atoms with Gasteiger partial charge in [-0.2, -0.15) is 0 Å². The summed E-state index contributed by atoms with van der Waals surface area (Å²) < 4.78 is 5.33. The number of rotatable bonds is 10. The minimum Gasteiger partial charge on any atom is -0.444 e. The van der Waals surface area contributed by atoms with E-state index < -0.39 is 53.5 Å². The third-order valence-corrected chi connectivity index (χ3v) is 6.83. The van der Waals surface area contributed by atoms with Crippen molar-refractivity contribution in [2.45, 2.75) is 84.5 Å². The van der Waals surface area contributed by atoms with E-state index >= 15 is 0 Å². The Morgan fingerprint density at radius 1 is 1.07 bits per heavy atom. The minimum atomic E-state index is -1.41. The number of alkyl carbamates (subject to hydrolysis) is 1. The molecule has 4 N–H and O–H groups in total. The Balaban J connectivity index is 2.71. The highest BCUT2D eigenvalue weighted by Gasteiger charge is 2.43. The molecule has 0 saturated carbocycles. The number of ether oxygens (including phenoxy) is 1. The number of amides is 4. The van der Waals surface area contributed by atoms with Gasteiger partial charge in [0, 0.05) is 11.1 Å². The van der Waals surface area contributed by atoms with Gasteiger partial charge in [0.05, 0.1) is 17.1 Å². The quantitative estimate of drug-likeness (QED) is 0.336. The topological polar surface area (TPSA) is 131 Å². The monoisotopic (exact) mass is 582 g/mol. The summed E-state index contributed by atoms with van der Waals surface area (Å²) in [6.07, 6.45) is 4.55. The molecule has 10 heteroatoms. The van der Waals surface area contributed by atoms with Crippen molar-refractivity contribution in [2.24, 2.45) is 5.73 Å². The van der Waals surface area contributed by atoms with Crippen LogP contribution in [0.1, 0.15) is 77.1 Å². The second kappa shape index (κ2) is 13.6. The van der Waals surface area contributed by atoms with Gasteiger partial charge in [0.15, 0.2) is 0 Å². The first-order valence-corrected chi connectivity index (χ1v) is 13.6. The number of terminal acetylenes is 1. The summed E-state index contributed by atoms with van der Waals surface area (Å²) in [5, 5.41) is 5.68. The Bertz CT molecular complexity index is 1310. The maximum Gasteiger partial charge on any atom is 0.408 e. The number of anilines is 1. The van der Waals surface area contributed by atoms with E-state index in [0.29, 0.717) is 28.3 Å². The second-order valence-electron chi connectivity index (χ2n) is 11.3. The first-order chi connectivity index (χ1) is 19.0. The van der Waals surface area contributed by atoms with Crippen molar-refractivity contribution in [1.82, 2.24) is 10.2 Å². The van der Waals surface area contributed by atoms with E-state index in [0.717, 1.165) is 5.56 Å². The van der Waals surface area contributed by atoms with Crippen molar-refractivity contribution in [3.63, 3.8) is 0 Å². The molecular weight excluding hydrogens is 544 g/mol. The van der Waals surface area contributed by atoms with Gasteiger partial charge in [-0.3, -0.25) is 14.4 Å². The van der Waals surface area contributed by atoms with Gasteiger partial charge in [-0.1, -0.05) is 48.7 Å². The maximum atomic E-state index is 14.3. The smallest absolute Gasteiger partial charge is 0.408 e. The van der Waals surface area contributed by atoms with Crippen LogP contribution in [0.3, 0.4) is 0 Å². The summed E-state index contributed by atoms with van der Waals surface area (Å²) in [4.78, 5) is 54.5. The van der Waals surface area contributed by atoms with Gasteiger partial charge in [-0.25, -0.2) is 4.79 Å². The molecule has 2 aromatic carbocycles. The van der Waals surface area contributed by atoms with Crippen molar-refractivity contribution >= 4 is 41.1 Å². The lowest BCUT2D eigenvalue weighted by Crippen LogP contribution is -2.59. The number of carbonyl (C=O) groups is 4. The Hall–Kier alpha value is -4.03. The molecule has 0 heterocycles.